The maximum atomic E-state index is 12.6. The molecule has 1 aromatic carbocycles. The minimum absolute atomic E-state index is 0.0351. The Morgan fingerprint density at radius 2 is 1.96 bits per heavy atom. The van der Waals surface area contributed by atoms with Gasteiger partial charge in [0.2, 0.25) is 0 Å². The minimum Gasteiger partial charge on any atom is -0.481 e. The van der Waals surface area contributed by atoms with Gasteiger partial charge >= 0.3 is 18.2 Å². The van der Waals surface area contributed by atoms with Crippen molar-refractivity contribution in [2.24, 2.45) is 11.3 Å². The lowest BCUT2D eigenvalue weighted by atomic mass is 9.81. The van der Waals surface area contributed by atoms with Gasteiger partial charge in [-0.15, -0.1) is 0 Å². The van der Waals surface area contributed by atoms with Crippen LogP contribution < -0.4 is 5.32 Å². The summed E-state index contributed by atoms with van der Waals surface area (Å²) in [6.45, 7) is 2.26. The predicted molar refractivity (Wildman–Crippen MR) is 87.4 cm³/mol. The molecule has 0 aromatic heterocycles. The van der Waals surface area contributed by atoms with Crippen molar-refractivity contribution in [3.05, 3.63) is 35.4 Å². The minimum atomic E-state index is -4.40. The van der Waals surface area contributed by atoms with Gasteiger partial charge in [-0.2, -0.15) is 13.2 Å². The molecule has 1 heterocycles. The van der Waals surface area contributed by atoms with Crippen molar-refractivity contribution in [2.75, 3.05) is 13.1 Å². The van der Waals surface area contributed by atoms with Gasteiger partial charge in [-0.25, -0.2) is 4.79 Å². The van der Waals surface area contributed by atoms with Crippen molar-refractivity contribution < 1.29 is 27.9 Å². The molecule has 5 nitrogen and oxygen atoms in total. The molecule has 3 rings (SSSR count). The number of hydrogen-bond acceptors (Lipinski definition) is 2. The number of alkyl halides is 3. The number of aliphatic carboxylic acids is 1. The monoisotopic (exact) mass is 370 g/mol. The lowest BCUT2D eigenvalue weighted by Crippen LogP contribution is -2.42. The number of hydrogen-bond donors (Lipinski definition) is 2. The molecular weight excluding hydrogens is 349 g/mol. The molecule has 142 valence electrons. The van der Waals surface area contributed by atoms with E-state index < -0.39 is 29.2 Å². The molecule has 2 amide bonds. The number of carboxylic acids is 1. The summed E-state index contributed by atoms with van der Waals surface area (Å²) in [5, 5.41) is 12.3. The maximum Gasteiger partial charge on any atom is 0.416 e. The smallest absolute Gasteiger partial charge is 0.416 e. The Morgan fingerprint density at radius 3 is 2.50 bits per heavy atom. The van der Waals surface area contributed by atoms with Crippen LogP contribution >= 0.6 is 0 Å². The number of nitrogens with one attached hydrogen (secondary N) is 1. The molecule has 1 aromatic rings. The second kappa shape index (κ2) is 6.48. The van der Waals surface area contributed by atoms with Crippen LogP contribution in [0.25, 0.3) is 0 Å². The van der Waals surface area contributed by atoms with E-state index in [-0.39, 0.29) is 18.5 Å². The third kappa shape index (κ3) is 3.24. The standard InChI is InChI=1S/C18H21F3N2O3/c1-11(12-4-6-13(7-5-12)18(19,20)21)22-16(26)23-9-14-3-2-8-17(14,10-23)15(24)25/h4-7,11,14H,2-3,8-10H2,1H3,(H,22,26)(H,24,25)/t11-,14-,17+/m0/s1. The summed E-state index contributed by atoms with van der Waals surface area (Å²) in [4.78, 5) is 25.7. The lowest BCUT2D eigenvalue weighted by molar-refractivity contribution is -0.149. The first-order valence-electron chi connectivity index (χ1n) is 8.59. The molecule has 1 saturated heterocycles. The first-order chi connectivity index (χ1) is 12.1. The SMILES string of the molecule is C[C@H](NC(=O)N1C[C@@H]2CCC[C@@]2(C(=O)O)C1)c1ccc(C(F)(F)F)cc1. The number of benzene rings is 1. The quantitative estimate of drug-likeness (QED) is 0.853. The van der Waals surface area contributed by atoms with Crippen molar-refractivity contribution >= 4 is 12.0 Å². The van der Waals surface area contributed by atoms with Gasteiger partial charge in [0.25, 0.3) is 0 Å². The topological polar surface area (TPSA) is 69.6 Å². The zero-order valence-electron chi connectivity index (χ0n) is 14.3. The van der Waals surface area contributed by atoms with E-state index in [0.29, 0.717) is 18.5 Å². The number of urea groups is 1. The fourth-order valence-electron chi connectivity index (χ4n) is 4.11. The van der Waals surface area contributed by atoms with Crippen LogP contribution in [0.4, 0.5) is 18.0 Å². The Kier molecular flexibility index (Phi) is 4.62. The molecule has 26 heavy (non-hydrogen) atoms. The van der Waals surface area contributed by atoms with Crippen LogP contribution in [-0.4, -0.2) is 35.1 Å². The summed E-state index contributed by atoms with van der Waals surface area (Å²) in [6, 6.07) is 3.78. The van der Waals surface area contributed by atoms with Crippen molar-refractivity contribution in [1.82, 2.24) is 10.2 Å². The molecule has 1 saturated carbocycles. The van der Waals surface area contributed by atoms with Crippen molar-refractivity contribution in [1.29, 1.82) is 0 Å². The van der Waals surface area contributed by atoms with Gasteiger partial charge in [0.05, 0.1) is 17.0 Å². The molecule has 0 spiro atoms. The van der Waals surface area contributed by atoms with E-state index in [1.165, 1.54) is 17.0 Å². The molecule has 2 aliphatic rings. The second-order valence-electron chi connectivity index (χ2n) is 7.22. The number of nitrogens with zero attached hydrogens (tertiary/aromatic N) is 1. The zero-order chi connectivity index (χ0) is 19.1. The van der Waals surface area contributed by atoms with Gasteiger partial charge in [-0.05, 0) is 43.4 Å². The van der Waals surface area contributed by atoms with Gasteiger partial charge in [-0.3, -0.25) is 4.79 Å². The van der Waals surface area contributed by atoms with Gasteiger partial charge in [0, 0.05) is 13.1 Å². The number of fused-ring (bicyclic) bond motifs is 1. The molecule has 2 fully saturated rings. The average molecular weight is 370 g/mol. The first-order valence-corrected chi connectivity index (χ1v) is 8.59. The highest BCUT2D eigenvalue weighted by Crippen LogP contribution is 2.48. The van der Waals surface area contributed by atoms with Crippen LogP contribution in [0, 0.1) is 11.3 Å². The zero-order valence-corrected chi connectivity index (χ0v) is 14.3. The molecule has 8 heteroatoms. The van der Waals surface area contributed by atoms with Crippen molar-refractivity contribution in [2.45, 2.75) is 38.4 Å². The number of carboxylic acid groups (broad SMARTS) is 1. The van der Waals surface area contributed by atoms with Crippen LogP contribution in [0.3, 0.4) is 0 Å². The molecule has 0 bridgehead atoms. The summed E-state index contributed by atoms with van der Waals surface area (Å²) in [5.41, 5.74) is -1.04. The second-order valence-corrected chi connectivity index (χ2v) is 7.22. The summed E-state index contributed by atoms with van der Waals surface area (Å²) in [6.07, 6.45) is -2.17. The largest absolute Gasteiger partial charge is 0.481 e. The number of rotatable bonds is 3. The number of carbonyl (C=O) groups excluding carboxylic acids is 1. The highest BCUT2D eigenvalue weighted by Gasteiger charge is 2.55. The Balaban J connectivity index is 1.64. The van der Waals surface area contributed by atoms with E-state index in [9.17, 15) is 27.9 Å². The van der Waals surface area contributed by atoms with Crippen LogP contribution in [0.15, 0.2) is 24.3 Å². The first kappa shape index (κ1) is 18.5. The van der Waals surface area contributed by atoms with E-state index in [2.05, 4.69) is 5.32 Å². The Morgan fingerprint density at radius 1 is 1.31 bits per heavy atom. The van der Waals surface area contributed by atoms with Gasteiger partial charge in [-0.1, -0.05) is 18.6 Å². The molecular formula is C18H21F3N2O3. The average Bonchev–Trinajstić information content (AvgIpc) is 3.12. The van der Waals surface area contributed by atoms with Gasteiger partial charge in [0.15, 0.2) is 0 Å². The Hall–Kier alpha value is -2.25. The van der Waals surface area contributed by atoms with Crippen LogP contribution in [0.5, 0.6) is 0 Å². The molecule has 1 aliphatic heterocycles. The third-order valence-corrected chi connectivity index (χ3v) is 5.66. The summed E-state index contributed by atoms with van der Waals surface area (Å²) >= 11 is 0. The van der Waals surface area contributed by atoms with E-state index in [4.69, 9.17) is 0 Å². The summed E-state index contributed by atoms with van der Waals surface area (Å²) in [5.74, 6) is -0.891. The van der Waals surface area contributed by atoms with E-state index >= 15 is 0 Å². The fourth-order valence-corrected chi connectivity index (χ4v) is 4.11. The summed E-state index contributed by atoms with van der Waals surface area (Å²) < 4.78 is 37.9. The van der Waals surface area contributed by atoms with E-state index in [0.717, 1.165) is 25.0 Å². The third-order valence-electron chi connectivity index (χ3n) is 5.66. The number of halogens is 3. The van der Waals surface area contributed by atoms with Gasteiger partial charge < -0.3 is 15.3 Å². The van der Waals surface area contributed by atoms with Crippen molar-refractivity contribution in [3.8, 4) is 0 Å². The van der Waals surface area contributed by atoms with Gasteiger partial charge in [0.1, 0.15) is 0 Å². The summed E-state index contributed by atoms with van der Waals surface area (Å²) in [7, 11) is 0. The highest BCUT2D eigenvalue weighted by atomic mass is 19.4. The van der Waals surface area contributed by atoms with E-state index in [1.54, 1.807) is 6.92 Å². The maximum absolute atomic E-state index is 12.6. The Bertz CT molecular complexity index is 705. The molecule has 1 aliphatic carbocycles. The number of amides is 2. The molecule has 0 radical (unpaired) electrons. The Labute approximate surface area is 149 Å². The normalized spacial score (nSPS) is 26.5. The number of carbonyl (C=O) groups is 2. The van der Waals surface area contributed by atoms with Crippen LogP contribution in [-0.2, 0) is 11.0 Å². The lowest BCUT2D eigenvalue weighted by Gasteiger charge is -2.24. The predicted octanol–water partition coefficient (Wildman–Crippen LogP) is 3.66. The van der Waals surface area contributed by atoms with Crippen molar-refractivity contribution in [3.63, 3.8) is 0 Å². The fraction of sp³-hybridized carbons (Fsp3) is 0.556. The highest BCUT2D eigenvalue weighted by molar-refractivity contribution is 5.80. The molecule has 2 N–H and O–H groups in total. The molecule has 3 atom stereocenters. The molecule has 0 unspecified atom stereocenters. The van der Waals surface area contributed by atoms with Crippen LogP contribution in [0.2, 0.25) is 0 Å². The van der Waals surface area contributed by atoms with Crippen LogP contribution in [0.1, 0.15) is 43.4 Å². The van der Waals surface area contributed by atoms with E-state index in [1.807, 2.05) is 0 Å². The number of likely N-dealkylation sites (tertiary alicyclic amines) is 1.